The Morgan fingerprint density at radius 2 is 1.38 bits per heavy atom. The van der Waals surface area contributed by atoms with Gasteiger partial charge >= 0.3 is 0 Å². The number of hydrogen-bond acceptors (Lipinski definition) is 3. The molecule has 5 heteroatoms. The van der Waals surface area contributed by atoms with Gasteiger partial charge in [-0.25, -0.2) is 0 Å². The molecule has 0 bridgehead atoms. The van der Waals surface area contributed by atoms with Crippen molar-refractivity contribution in [3.05, 3.63) is 138 Å². The molecule has 1 aliphatic carbocycles. The molecular formula is C42H30N4S. The van der Waals surface area contributed by atoms with Crippen molar-refractivity contribution in [2.24, 2.45) is 0 Å². The van der Waals surface area contributed by atoms with Crippen LogP contribution in [0.2, 0.25) is 0 Å². The van der Waals surface area contributed by atoms with E-state index < -0.39 is 0 Å². The number of nitrogens with zero attached hydrogens (tertiary/aromatic N) is 2. The summed E-state index contributed by atoms with van der Waals surface area (Å²) in [6, 6.07) is 43.2. The standard InChI is InChI=1S/C42H30N4S/c43-26-18-21-35-31(24-26)28-11-4-6-14-34(28)46(35)37-15-8-13-33(44)40(37)25-17-20-36-32(23-25)41-38(45(36)27-9-2-1-3-10-27)22-19-30-29-12-5-7-16-39(29)47-42(30)41/h1-4,6-11,13-24H,5,12,43-44H2. The first-order valence-electron chi connectivity index (χ1n) is 16.1. The molecule has 3 aromatic heterocycles. The Hall–Kier alpha value is -5.78. The fraction of sp³-hybridized carbons (Fsp3) is 0.0476. The van der Waals surface area contributed by atoms with Crippen LogP contribution in [0.1, 0.15) is 16.9 Å². The largest absolute Gasteiger partial charge is 0.399 e. The van der Waals surface area contributed by atoms with Crippen molar-refractivity contribution in [3.8, 4) is 22.5 Å². The van der Waals surface area contributed by atoms with Crippen LogP contribution in [0.15, 0.2) is 127 Å². The number of hydrogen-bond donors (Lipinski definition) is 2. The number of nitrogens with two attached hydrogens (primary N) is 2. The van der Waals surface area contributed by atoms with E-state index in [-0.39, 0.29) is 0 Å². The lowest BCUT2D eigenvalue weighted by molar-refractivity contribution is 1.01. The molecule has 224 valence electrons. The summed E-state index contributed by atoms with van der Waals surface area (Å²) >= 11 is 1.92. The topological polar surface area (TPSA) is 61.9 Å². The zero-order valence-corrected chi connectivity index (χ0v) is 26.4. The highest BCUT2D eigenvalue weighted by atomic mass is 32.1. The third-order valence-corrected chi connectivity index (χ3v) is 11.1. The number of rotatable bonds is 3. The molecule has 9 aromatic rings. The molecule has 0 amide bonds. The summed E-state index contributed by atoms with van der Waals surface area (Å²) in [5, 5.41) is 6.22. The number of allylic oxidation sites excluding steroid dienone is 1. The number of nitrogen functional groups attached to an aromatic ring is 2. The average Bonchev–Trinajstić information content (AvgIpc) is 3.75. The minimum Gasteiger partial charge on any atom is -0.399 e. The van der Waals surface area contributed by atoms with Crippen LogP contribution < -0.4 is 11.5 Å². The maximum absolute atomic E-state index is 6.94. The van der Waals surface area contributed by atoms with Crippen molar-refractivity contribution in [3.63, 3.8) is 0 Å². The van der Waals surface area contributed by atoms with Crippen molar-refractivity contribution >= 4 is 82.5 Å². The normalized spacial score (nSPS) is 13.0. The van der Waals surface area contributed by atoms with Gasteiger partial charge in [0.25, 0.3) is 0 Å². The quantitative estimate of drug-likeness (QED) is 0.193. The molecule has 0 unspecified atom stereocenters. The fourth-order valence-electron chi connectivity index (χ4n) is 7.86. The Morgan fingerprint density at radius 1 is 0.596 bits per heavy atom. The van der Waals surface area contributed by atoms with Gasteiger partial charge in [0.05, 0.1) is 27.8 Å². The zero-order valence-electron chi connectivity index (χ0n) is 25.6. The molecule has 4 nitrogen and oxygen atoms in total. The van der Waals surface area contributed by atoms with Gasteiger partial charge in [-0.2, -0.15) is 0 Å². The van der Waals surface area contributed by atoms with E-state index in [1.54, 1.807) is 0 Å². The van der Waals surface area contributed by atoms with E-state index in [9.17, 15) is 0 Å². The van der Waals surface area contributed by atoms with Gasteiger partial charge in [0.1, 0.15) is 0 Å². The Labute approximate surface area is 275 Å². The summed E-state index contributed by atoms with van der Waals surface area (Å²) in [5.41, 5.74) is 25.2. The highest BCUT2D eigenvalue weighted by Crippen LogP contribution is 2.46. The molecule has 6 aromatic carbocycles. The molecule has 3 heterocycles. The molecule has 1 aliphatic rings. The number of thiophene rings is 1. The lowest BCUT2D eigenvalue weighted by atomic mass is 9.97. The number of para-hydroxylation sites is 2. The van der Waals surface area contributed by atoms with Gasteiger partial charge in [0, 0.05) is 53.7 Å². The maximum Gasteiger partial charge on any atom is 0.0561 e. The van der Waals surface area contributed by atoms with Crippen LogP contribution in [-0.2, 0) is 6.42 Å². The van der Waals surface area contributed by atoms with E-state index >= 15 is 0 Å². The van der Waals surface area contributed by atoms with Crippen LogP contribution in [0.25, 0.3) is 82.3 Å². The lowest BCUT2D eigenvalue weighted by Crippen LogP contribution is -2.01. The first kappa shape index (κ1) is 26.4. The van der Waals surface area contributed by atoms with Gasteiger partial charge in [-0.1, -0.05) is 60.7 Å². The van der Waals surface area contributed by atoms with Crippen molar-refractivity contribution < 1.29 is 0 Å². The number of aromatic nitrogens is 2. The third kappa shape index (κ3) is 3.75. The third-order valence-electron chi connectivity index (χ3n) is 9.86. The average molecular weight is 623 g/mol. The second-order valence-electron chi connectivity index (χ2n) is 12.5. The molecule has 0 aliphatic heterocycles. The van der Waals surface area contributed by atoms with E-state index in [4.69, 9.17) is 11.5 Å². The number of anilines is 2. The molecule has 47 heavy (non-hydrogen) atoms. The van der Waals surface area contributed by atoms with Crippen molar-refractivity contribution in [1.82, 2.24) is 9.13 Å². The highest BCUT2D eigenvalue weighted by molar-refractivity contribution is 7.21. The first-order valence-corrected chi connectivity index (χ1v) is 16.9. The van der Waals surface area contributed by atoms with E-state index in [0.717, 1.165) is 63.1 Å². The van der Waals surface area contributed by atoms with Crippen LogP contribution in [0.5, 0.6) is 0 Å². The Kier molecular flexibility index (Phi) is 5.55. The molecule has 0 saturated heterocycles. The van der Waals surface area contributed by atoms with Crippen molar-refractivity contribution in [2.75, 3.05) is 11.5 Å². The Balaban J connectivity index is 1.30. The molecule has 0 spiro atoms. The van der Waals surface area contributed by atoms with Gasteiger partial charge in [0.15, 0.2) is 0 Å². The van der Waals surface area contributed by atoms with Gasteiger partial charge < -0.3 is 20.6 Å². The van der Waals surface area contributed by atoms with E-state index in [2.05, 4.69) is 130 Å². The van der Waals surface area contributed by atoms with Gasteiger partial charge in [-0.15, -0.1) is 11.3 Å². The number of aryl methyl sites for hydroxylation is 1. The summed E-state index contributed by atoms with van der Waals surface area (Å²) in [6.45, 7) is 0. The number of fused-ring (bicyclic) bond motifs is 10. The summed E-state index contributed by atoms with van der Waals surface area (Å²) in [7, 11) is 0. The summed E-state index contributed by atoms with van der Waals surface area (Å²) in [4.78, 5) is 1.39. The molecule has 4 N–H and O–H groups in total. The summed E-state index contributed by atoms with van der Waals surface area (Å²) in [5.74, 6) is 0. The van der Waals surface area contributed by atoms with Crippen molar-refractivity contribution in [2.45, 2.75) is 12.8 Å². The zero-order chi connectivity index (χ0) is 31.2. The van der Waals surface area contributed by atoms with Crippen LogP contribution in [0.3, 0.4) is 0 Å². The van der Waals surface area contributed by atoms with Crippen LogP contribution in [0, 0.1) is 0 Å². The van der Waals surface area contributed by atoms with Gasteiger partial charge in [-0.05, 0) is 102 Å². The first-order chi connectivity index (χ1) is 23.2. The molecule has 0 saturated carbocycles. The van der Waals surface area contributed by atoms with E-state index in [1.807, 2.05) is 23.5 Å². The minimum absolute atomic E-state index is 0.747. The second kappa shape index (κ2) is 9.86. The molecule has 0 atom stereocenters. The van der Waals surface area contributed by atoms with Crippen LogP contribution >= 0.6 is 11.3 Å². The predicted molar refractivity (Wildman–Crippen MR) is 202 cm³/mol. The van der Waals surface area contributed by atoms with Gasteiger partial charge in [-0.3, -0.25) is 0 Å². The van der Waals surface area contributed by atoms with Crippen LogP contribution in [-0.4, -0.2) is 9.13 Å². The highest BCUT2D eigenvalue weighted by Gasteiger charge is 2.22. The molecule has 0 fully saturated rings. The van der Waals surface area contributed by atoms with E-state index in [0.29, 0.717) is 0 Å². The molecule has 0 radical (unpaired) electrons. The monoisotopic (exact) mass is 622 g/mol. The second-order valence-corrected chi connectivity index (χ2v) is 13.5. The SMILES string of the molecule is Nc1ccc2c(c1)c1ccccc1n2-c1cccc(N)c1-c1ccc2c(c1)c1c3sc4c(c3ccc1n2-c1ccccc1)CCC=C4. The summed E-state index contributed by atoms with van der Waals surface area (Å²) in [6.07, 6.45) is 6.81. The molecular weight excluding hydrogens is 593 g/mol. The lowest BCUT2D eigenvalue weighted by Gasteiger charge is -2.16. The Morgan fingerprint density at radius 3 is 2.30 bits per heavy atom. The van der Waals surface area contributed by atoms with Crippen LogP contribution in [0.4, 0.5) is 11.4 Å². The Bertz CT molecular complexity index is 2760. The smallest absolute Gasteiger partial charge is 0.0561 e. The van der Waals surface area contributed by atoms with Gasteiger partial charge in [0.2, 0.25) is 0 Å². The minimum atomic E-state index is 0.747. The fourth-order valence-corrected chi connectivity index (χ4v) is 9.19. The number of benzene rings is 6. The predicted octanol–water partition coefficient (Wildman–Crippen LogP) is 10.9. The van der Waals surface area contributed by atoms with Crippen molar-refractivity contribution in [1.29, 1.82) is 0 Å². The van der Waals surface area contributed by atoms with E-state index in [1.165, 1.54) is 47.7 Å². The molecule has 10 rings (SSSR count). The maximum atomic E-state index is 6.94. The summed E-state index contributed by atoms with van der Waals surface area (Å²) < 4.78 is 6.11.